The van der Waals surface area contributed by atoms with Crippen molar-refractivity contribution in [2.24, 2.45) is 0 Å². The Balaban J connectivity index is 1.54. The standard InChI is InChI=1S/C24H23N3O6S/c1-14(21(29)26-13-20(28)25-17-9-5-6-10-18(17)26)33-24(32)19(11-12-34-2)27-22(30)15-7-3-4-8-16(15)23(27)31/h3-10,14,19H,11-13H2,1-2H3,(H,25,28). The number of ether oxygens (including phenoxy) is 1. The number of thioether (sulfide) groups is 1. The second-order valence-electron chi connectivity index (χ2n) is 7.89. The van der Waals surface area contributed by atoms with Crippen LogP contribution in [0.25, 0.3) is 0 Å². The van der Waals surface area contributed by atoms with Crippen molar-refractivity contribution in [2.75, 3.05) is 28.8 Å². The molecule has 0 aromatic heterocycles. The molecule has 9 nitrogen and oxygen atoms in total. The number of hydrogen-bond donors (Lipinski definition) is 1. The smallest absolute Gasteiger partial charge is 0.330 e. The maximum atomic E-state index is 13.2. The van der Waals surface area contributed by atoms with Gasteiger partial charge in [0.15, 0.2) is 6.10 Å². The Morgan fingerprint density at radius 3 is 2.29 bits per heavy atom. The number of benzene rings is 2. The van der Waals surface area contributed by atoms with Crippen LogP contribution in [0, 0.1) is 0 Å². The average molecular weight is 482 g/mol. The van der Waals surface area contributed by atoms with E-state index in [1.165, 1.54) is 35.7 Å². The summed E-state index contributed by atoms with van der Waals surface area (Å²) in [5.41, 5.74) is 1.44. The van der Waals surface area contributed by atoms with Crippen LogP contribution < -0.4 is 10.2 Å². The van der Waals surface area contributed by atoms with Gasteiger partial charge in [-0.3, -0.25) is 29.0 Å². The average Bonchev–Trinajstić information content (AvgIpc) is 3.08. The van der Waals surface area contributed by atoms with E-state index in [1.54, 1.807) is 36.4 Å². The number of amides is 4. The van der Waals surface area contributed by atoms with Crippen molar-refractivity contribution < 1.29 is 28.7 Å². The minimum absolute atomic E-state index is 0.182. The SMILES string of the molecule is CSCCC(C(=O)OC(C)C(=O)N1CC(=O)Nc2ccccc21)N1C(=O)c2ccccc2C1=O. The highest BCUT2D eigenvalue weighted by molar-refractivity contribution is 7.98. The summed E-state index contributed by atoms with van der Waals surface area (Å²) in [6.07, 6.45) is 0.787. The van der Waals surface area contributed by atoms with E-state index in [4.69, 9.17) is 4.74 Å². The molecular weight excluding hydrogens is 458 g/mol. The molecule has 2 aromatic rings. The molecule has 1 N–H and O–H groups in total. The van der Waals surface area contributed by atoms with Crippen molar-refractivity contribution in [3.05, 3.63) is 59.7 Å². The molecule has 34 heavy (non-hydrogen) atoms. The van der Waals surface area contributed by atoms with E-state index in [0.29, 0.717) is 17.1 Å². The summed E-state index contributed by atoms with van der Waals surface area (Å²) >= 11 is 1.46. The molecule has 0 spiro atoms. The monoisotopic (exact) mass is 481 g/mol. The number of nitrogens with one attached hydrogen (secondary N) is 1. The zero-order chi connectivity index (χ0) is 24.4. The summed E-state index contributed by atoms with van der Waals surface area (Å²) in [6.45, 7) is 1.19. The molecular formula is C24H23N3O6S. The first kappa shape index (κ1) is 23.5. The van der Waals surface area contributed by atoms with E-state index in [0.717, 1.165) is 4.90 Å². The lowest BCUT2D eigenvalue weighted by atomic mass is 10.1. The molecule has 2 atom stereocenters. The molecule has 0 fully saturated rings. The van der Waals surface area contributed by atoms with Crippen LogP contribution in [0.3, 0.4) is 0 Å². The minimum Gasteiger partial charge on any atom is -0.451 e. The van der Waals surface area contributed by atoms with Crippen LogP contribution in [-0.2, 0) is 19.1 Å². The second kappa shape index (κ2) is 9.68. The molecule has 0 radical (unpaired) electrons. The molecule has 0 saturated carbocycles. The van der Waals surface area contributed by atoms with E-state index in [9.17, 15) is 24.0 Å². The van der Waals surface area contributed by atoms with Gasteiger partial charge in [0.05, 0.1) is 22.5 Å². The van der Waals surface area contributed by atoms with Gasteiger partial charge >= 0.3 is 5.97 Å². The summed E-state index contributed by atoms with van der Waals surface area (Å²) in [7, 11) is 0. The van der Waals surface area contributed by atoms with Gasteiger partial charge in [0, 0.05) is 0 Å². The van der Waals surface area contributed by atoms with E-state index in [2.05, 4.69) is 5.32 Å². The first-order valence-electron chi connectivity index (χ1n) is 10.7. The fraction of sp³-hybridized carbons (Fsp3) is 0.292. The first-order valence-corrected chi connectivity index (χ1v) is 12.1. The number of imide groups is 1. The summed E-state index contributed by atoms with van der Waals surface area (Å²) in [6, 6.07) is 12.0. The van der Waals surface area contributed by atoms with Crippen molar-refractivity contribution in [2.45, 2.75) is 25.5 Å². The van der Waals surface area contributed by atoms with Gasteiger partial charge in [-0.1, -0.05) is 24.3 Å². The van der Waals surface area contributed by atoms with Crippen molar-refractivity contribution in [3.63, 3.8) is 0 Å². The minimum atomic E-state index is -1.24. The van der Waals surface area contributed by atoms with E-state index < -0.39 is 35.8 Å². The summed E-state index contributed by atoms with van der Waals surface area (Å²) in [5, 5.41) is 2.70. The number of carbonyl (C=O) groups is 5. The molecule has 2 aliphatic heterocycles. The van der Waals surface area contributed by atoms with Gasteiger partial charge in [-0.05, 0) is 49.6 Å². The highest BCUT2D eigenvalue weighted by Crippen LogP contribution is 2.30. The number of esters is 1. The van der Waals surface area contributed by atoms with Crippen molar-refractivity contribution in [1.29, 1.82) is 0 Å². The van der Waals surface area contributed by atoms with Crippen LogP contribution in [0.5, 0.6) is 0 Å². The zero-order valence-corrected chi connectivity index (χ0v) is 19.5. The molecule has 176 valence electrons. The molecule has 4 amide bonds. The summed E-state index contributed by atoms with van der Waals surface area (Å²) < 4.78 is 5.47. The van der Waals surface area contributed by atoms with Crippen LogP contribution in [-0.4, -0.2) is 65.2 Å². The van der Waals surface area contributed by atoms with Crippen LogP contribution in [0.2, 0.25) is 0 Å². The highest BCUT2D eigenvalue weighted by atomic mass is 32.2. The molecule has 10 heteroatoms. The number of anilines is 2. The van der Waals surface area contributed by atoms with Crippen molar-refractivity contribution >= 4 is 52.7 Å². The Bertz CT molecular complexity index is 1150. The number of rotatable bonds is 7. The van der Waals surface area contributed by atoms with Crippen LogP contribution in [0.15, 0.2) is 48.5 Å². The third-order valence-corrected chi connectivity index (χ3v) is 6.33. The predicted molar refractivity (Wildman–Crippen MR) is 127 cm³/mol. The van der Waals surface area contributed by atoms with Gasteiger partial charge in [0.25, 0.3) is 17.7 Å². The Morgan fingerprint density at radius 1 is 1.03 bits per heavy atom. The molecule has 2 unspecified atom stereocenters. The number of nitrogens with zero attached hydrogens (tertiary/aromatic N) is 2. The molecule has 4 rings (SSSR count). The number of hydrogen-bond acceptors (Lipinski definition) is 7. The second-order valence-corrected chi connectivity index (χ2v) is 8.88. The van der Waals surface area contributed by atoms with Crippen LogP contribution >= 0.6 is 11.8 Å². The Hall–Kier alpha value is -3.66. The van der Waals surface area contributed by atoms with Gasteiger partial charge in [0.2, 0.25) is 5.91 Å². The first-order chi connectivity index (χ1) is 16.3. The lowest BCUT2D eigenvalue weighted by Gasteiger charge is -2.31. The molecule has 2 aromatic carbocycles. The Kier molecular flexibility index (Phi) is 6.69. The van der Waals surface area contributed by atoms with E-state index in [-0.39, 0.29) is 30.0 Å². The van der Waals surface area contributed by atoms with Crippen LogP contribution in [0.4, 0.5) is 11.4 Å². The molecule has 2 heterocycles. The summed E-state index contributed by atoms with van der Waals surface area (Å²) in [4.78, 5) is 66.4. The zero-order valence-electron chi connectivity index (χ0n) is 18.6. The number of para-hydroxylation sites is 2. The van der Waals surface area contributed by atoms with Gasteiger partial charge < -0.3 is 10.1 Å². The molecule has 0 aliphatic carbocycles. The maximum absolute atomic E-state index is 13.2. The molecule has 0 bridgehead atoms. The quantitative estimate of drug-likeness (QED) is 0.477. The topological polar surface area (TPSA) is 113 Å². The Labute approximate surface area is 200 Å². The third-order valence-electron chi connectivity index (χ3n) is 5.68. The van der Waals surface area contributed by atoms with Crippen LogP contribution in [0.1, 0.15) is 34.1 Å². The third kappa shape index (κ3) is 4.28. The predicted octanol–water partition coefficient (Wildman–Crippen LogP) is 2.32. The number of carbonyl (C=O) groups excluding carboxylic acids is 5. The fourth-order valence-electron chi connectivity index (χ4n) is 4.03. The summed E-state index contributed by atoms with van der Waals surface area (Å²) in [5.74, 6) is -2.43. The van der Waals surface area contributed by atoms with Crippen molar-refractivity contribution in [1.82, 2.24) is 4.90 Å². The fourth-order valence-corrected chi connectivity index (χ4v) is 4.48. The van der Waals surface area contributed by atoms with E-state index >= 15 is 0 Å². The van der Waals surface area contributed by atoms with Gasteiger partial charge in [-0.15, -0.1) is 0 Å². The van der Waals surface area contributed by atoms with Gasteiger partial charge in [0.1, 0.15) is 12.6 Å². The number of fused-ring (bicyclic) bond motifs is 2. The lowest BCUT2D eigenvalue weighted by molar-refractivity contribution is -0.157. The van der Waals surface area contributed by atoms with E-state index in [1.807, 2.05) is 6.26 Å². The normalized spacial score (nSPS) is 16.5. The van der Waals surface area contributed by atoms with Crippen molar-refractivity contribution in [3.8, 4) is 0 Å². The van der Waals surface area contributed by atoms with Gasteiger partial charge in [-0.2, -0.15) is 11.8 Å². The van der Waals surface area contributed by atoms with Gasteiger partial charge in [-0.25, -0.2) is 4.79 Å². The Morgan fingerprint density at radius 2 is 1.65 bits per heavy atom. The highest BCUT2D eigenvalue weighted by Gasteiger charge is 2.44. The largest absolute Gasteiger partial charge is 0.451 e. The molecule has 2 aliphatic rings. The lowest BCUT2D eigenvalue weighted by Crippen LogP contribution is -2.50. The molecule has 0 saturated heterocycles. The maximum Gasteiger partial charge on any atom is 0.330 e.